The Bertz CT molecular complexity index is 631. The maximum Gasteiger partial charge on any atom is 0.127 e. The topological polar surface area (TPSA) is 20.2 Å². The van der Waals surface area contributed by atoms with E-state index in [-0.39, 0.29) is 5.02 Å². The highest BCUT2D eigenvalue weighted by molar-refractivity contribution is 9.10. The maximum absolute atomic E-state index is 13.3. The Kier molecular flexibility index (Phi) is 4.51. The van der Waals surface area contributed by atoms with Gasteiger partial charge in [0.2, 0.25) is 0 Å². The number of hydrogen-bond donors (Lipinski definition) is 1. The van der Waals surface area contributed by atoms with E-state index in [4.69, 9.17) is 23.2 Å². The third kappa shape index (κ3) is 3.11. The highest BCUT2D eigenvalue weighted by Gasteiger charge is 2.17. The predicted molar refractivity (Wildman–Crippen MR) is 79.4 cm³/mol. The highest BCUT2D eigenvalue weighted by atomic mass is 79.9. The summed E-state index contributed by atoms with van der Waals surface area (Å²) in [5.41, 5.74) is 1.49. The quantitative estimate of drug-likeness (QED) is 0.768. The van der Waals surface area contributed by atoms with Gasteiger partial charge in [-0.1, -0.05) is 29.3 Å². The van der Waals surface area contributed by atoms with Gasteiger partial charge in [0.05, 0.1) is 5.02 Å². The van der Waals surface area contributed by atoms with Crippen LogP contribution in [-0.4, -0.2) is 5.11 Å². The van der Waals surface area contributed by atoms with Gasteiger partial charge in [0.15, 0.2) is 0 Å². The van der Waals surface area contributed by atoms with Crippen LogP contribution in [0.4, 0.5) is 4.39 Å². The van der Waals surface area contributed by atoms with E-state index in [9.17, 15) is 9.50 Å². The van der Waals surface area contributed by atoms with Gasteiger partial charge in [0.1, 0.15) is 11.9 Å². The Hall–Kier alpha value is -0.610. The van der Waals surface area contributed by atoms with Crippen molar-refractivity contribution >= 4 is 39.1 Å². The molecule has 1 nitrogen and oxygen atoms in total. The first kappa shape index (κ1) is 14.8. The molecule has 0 fully saturated rings. The second-order valence-corrected chi connectivity index (χ2v) is 5.87. The molecule has 0 spiro atoms. The van der Waals surface area contributed by atoms with Gasteiger partial charge in [0.25, 0.3) is 0 Å². The fourth-order valence-corrected chi connectivity index (χ4v) is 2.44. The predicted octanol–water partition coefficient (Wildman–Crippen LogP) is 5.29. The molecule has 19 heavy (non-hydrogen) atoms. The van der Waals surface area contributed by atoms with Gasteiger partial charge in [-0.25, -0.2) is 4.39 Å². The van der Waals surface area contributed by atoms with Crippen molar-refractivity contribution in [3.63, 3.8) is 0 Å². The van der Waals surface area contributed by atoms with Crippen molar-refractivity contribution in [2.45, 2.75) is 13.0 Å². The summed E-state index contributed by atoms with van der Waals surface area (Å²) in [5.74, 6) is -0.394. The molecular weight excluding hydrogens is 354 g/mol. The van der Waals surface area contributed by atoms with Crippen LogP contribution in [0.1, 0.15) is 22.8 Å². The van der Waals surface area contributed by atoms with Gasteiger partial charge < -0.3 is 5.11 Å². The Morgan fingerprint density at radius 3 is 2.47 bits per heavy atom. The molecule has 1 unspecified atom stereocenters. The van der Waals surface area contributed by atoms with Crippen molar-refractivity contribution < 1.29 is 9.50 Å². The third-order valence-electron chi connectivity index (χ3n) is 2.83. The molecule has 0 aromatic heterocycles. The van der Waals surface area contributed by atoms with Crippen LogP contribution >= 0.6 is 39.1 Å². The van der Waals surface area contributed by atoms with Crippen molar-refractivity contribution in [1.82, 2.24) is 0 Å². The van der Waals surface area contributed by atoms with Gasteiger partial charge in [-0.05, 0) is 58.2 Å². The summed E-state index contributed by atoms with van der Waals surface area (Å²) in [6.07, 6.45) is -0.947. The summed E-state index contributed by atoms with van der Waals surface area (Å²) in [7, 11) is 0. The lowest BCUT2D eigenvalue weighted by molar-refractivity contribution is 0.220. The molecule has 0 bridgehead atoms. The van der Waals surface area contributed by atoms with E-state index >= 15 is 0 Å². The van der Waals surface area contributed by atoms with Crippen LogP contribution in [0.3, 0.4) is 0 Å². The number of halogens is 4. The first-order valence-electron chi connectivity index (χ1n) is 5.48. The van der Waals surface area contributed by atoms with Crippen molar-refractivity contribution in [1.29, 1.82) is 0 Å². The lowest BCUT2D eigenvalue weighted by Crippen LogP contribution is -2.02. The number of aliphatic hydroxyl groups is 1. The molecule has 0 heterocycles. The molecule has 0 saturated heterocycles. The number of aliphatic hydroxyl groups excluding tert-OH is 1. The monoisotopic (exact) mass is 362 g/mol. The molecule has 0 amide bonds. The molecule has 0 saturated carbocycles. The summed E-state index contributed by atoms with van der Waals surface area (Å²) in [4.78, 5) is 0. The molecule has 2 aromatic carbocycles. The number of aryl methyl sites for hydroxylation is 1. The standard InChI is InChI=1S/C14H10BrCl2FO/c1-7-4-9(11(16)6-13(7)18)14(19)8-2-3-10(15)12(17)5-8/h2-6,14,19H,1H3. The Morgan fingerprint density at radius 2 is 1.84 bits per heavy atom. The Balaban J connectivity index is 2.46. The average molecular weight is 364 g/mol. The fourth-order valence-electron chi connectivity index (χ4n) is 1.75. The van der Waals surface area contributed by atoms with Crippen molar-refractivity contribution in [3.8, 4) is 0 Å². The van der Waals surface area contributed by atoms with E-state index in [1.54, 1.807) is 25.1 Å². The lowest BCUT2D eigenvalue weighted by atomic mass is 10.00. The van der Waals surface area contributed by atoms with E-state index in [1.165, 1.54) is 12.1 Å². The van der Waals surface area contributed by atoms with Gasteiger partial charge in [-0.15, -0.1) is 0 Å². The lowest BCUT2D eigenvalue weighted by Gasteiger charge is -2.15. The molecule has 5 heteroatoms. The van der Waals surface area contributed by atoms with Gasteiger partial charge >= 0.3 is 0 Å². The minimum Gasteiger partial charge on any atom is -0.384 e. The Labute approximate surface area is 129 Å². The summed E-state index contributed by atoms with van der Waals surface area (Å²) >= 11 is 15.2. The largest absolute Gasteiger partial charge is 0.384 e. The minimum atomic E-state index is -0.947. The van der Waals surface area contributed by atoms with E-state index in [2.05, 4.69) is 15.9 Å². The Morgan fingerprint density at radius 1 is 1.16 bits per heavy atom. The zero-order valence-electron chi connectivity index (χ0n) is 9.92. The van der Waals surface area contributed by atoms with E-state index in [0.29, 0.717) is 21.7 Å². The average Bonchev–Trinajstić information content (AvgIpc) is 2.36. The second-order valence-electron chi connectivity index (χ2n) is 4.20. The van der Waals surface area contributed by atoms with Crippen LogP contribution in [0.5, 0.6) is 0 Å². The van der Waals surface area contributed by atoms with Crippen LogP contribution in [0.2, 0.25) is 10.0 Å². The SMILES string of the molecule is Cc1cc(C(O)c2ccc(Br)c(Cl)c2)c(Cl)cc1F. The summed E-state index contributed by atoms with van der Waals surface area (Å²) in [5, 5.41) is 11.0. The molecule has 0 aliphatic carbocycles. The highest BCUT2D eigenvalue weighted by Crippen LogP contribution is 2.33. The maximum atomic E-state index is 13.3. The van der Waals surface area contributed by atoms with E-state index in [0.717, 1.165) is 4.47 Å². The summed E-state index contributed by atoms with van der Waals surface area (Å²) < 4.78 is 14.1. The van der Waals surface area contributed by atoms with E-state index < -0.39 is 11.9 Å². The first-order chi connectivity index (χ1) is 8.90. The molecule has 2 aromatic rings. The molecular formula is C14H10BrCl2FO. The van der Waals surface area contributed by atoms with Crippen LogP contribution in [0.25, 0.3) is 0 Å². The molecule has 0 radical (unpaired) electrons. The van der Waals surface area contributed by atoms with Crippen LogP contribution in [-0.2, 0) is 0 Å². The fraction of sp³-hybridized carbons (Fsp3) is 0.143. The minimum absolute atomic E-state index is 0.189. The van der Waals surface area contributed by atoms with Crippen LogP contribution < -0.4 is 0 Å². The molecule has 0 aliphatic rings. The van der Waals surface area contributed by atoms with Crippen molar-refractivity contribution in [2.75, 3.05) is 0 Å². The summed E-state index contributed by atoms with van der Waals surface area (Å²) in [6, 6.07) is 7.86. The molecule has 1 N–H and O–H groups in total. The van der Waals surface area contributed by atoms with Crippen molar-refractivity contribution in [2.24, 2.45) is 0 Å². The third-order valence-corrected chi connectivity index (χ3v) is 4.39. The van der Waals surface area contributed by atoms with Crippen LogP contribution in [0, 0.1) is 12.7 Å². The smallest absolute Gasteiger partial charge is 0.127 e. The van der Waals surface area contributed by atoms with Crippen LogP contribution in [0.15, 0.2) is 34.8 Å². The number of rotatable bonds is 2. The first-order valence-corrected chi connectivity index (χ1v) is 7.03. The summed E-state index contributed by atoms with van der Waals surface area (Å²) in [6.45, 7) is 1.62. The second kappa shape index (κ2) is 5.80. The molecule has 100 valence electrons. The molecule has 2 rings (SSSR count). The zero-order valence-corrected chi connectivity index (χ0v) is 13.0. The molecule has 0 aliphatic heterocycles. The van der Waals surface area contributed by atoms with Gasteiger partial charge in [-0.3, -0.25) is 0 Å². The van der Waals surface area contributed by atoms with Gasteiger partial charge in [-0.2, -0.15) is 0 Å². The van der Waals surface area contributed by atoms with Crippen molar-refractivity contribution in [3.05, 3.63) is 67.4 Å². The number of hydrogen-bond acceptors (Lipinski definition) is 1. The normalized spacial score (nSPS) is 12.5. The molecule has 1 atom stereocenters. The number of benzene rings is 2. The zero-order chi connectivity index (χ0) is 14.2. The van der Waals surface area contributed by atoms with E-state index in [1.807, 2.05) is 0 Å². The van der Waals surface area contributed by atoms with Gasteiger partial charge in [0, 0.05) is 15.1 Å².